The summed E-state index contributed by atoms with van der Waals surface area (Å²) in [4.78, 5) is 0. The van der Waals surface area contributed by atoms with Gasteiger partial charge >= 0.3 is 0 Å². The van der Waals surface area contributed by atoms with E-state index in [9.17, 15) is 0 Å². The Kier molecular flexibility index (Phi) is 1.22. The monoisotopic (exact) mass is 172 g/mol. The summed E-state index contributed by atoms with van der Waals surface area (Å²) in [5, 5.41) is 4.39. The average molecular weight is 172 g/mol. The highest BCUT2D eigenvalue weighted by molar-refractivity contribution is 5.71. The molecular formula is C10H8N2O. The van der Waals surface area contributed by atoms with Crippen LogP contribution in [0.15, 0.2) is 30.7 Å². The third-order valence-electron chi connectivity index (χ3n) is 2.21. The number of nitrogens with zero attached hydrogens (tertiary/aromatic N) is 2. The molecule has 0 saturated carbocycles. The van der Waals surface area contributed by atoms with Gasteiger partial charge in [0.2, 0.25) is 0 Å². The zero-order chi connectivity index (χ0) is 8.67. The van der Waals surface area contributed by atoms with Gasteiger partial charge in [0.25, 0.3) is 0 Å². The van der Waals surface area contributed by atoms with Gasteiger partial charge in [0, 0.05) is 11.8 Å². The molecule has 64 valence electrons. The second kappa shape index (κ2) is 2.36. The molecule has 3 heteroatoms. The van der Waals surface area contributed by atoms with E-state index in [1.807, 2.05) is 28.9 Å². The van der Waals surface area contributed by atoms with Gasteiger partial charge in [-0.3, -0.25) is 0 Å². The molecule has 3 nitrogen and oxygen atoms in total. The fraction of sp³-hybridized carbons (Fsp3) is 0.100. The molecule has 0 aliphatic carbocycles. The zero-order valence-corrected chi connectivity index (χ0v) is 6.97. The van der Waals surface area contributed by atoms with Crippen LogP contribution in [0.2, 0.25) is 0 Å². The van der Waals surface area contributed by atoms with E-state index in [1.165, 1.54) is 5.56 Å². The minimum Gasteiger partial charge on any atom is -0.495 e. The first kappa shape index (κ1) is 6.71. The largest absolute Gasteiger partial charge is 0.495 e. The van der Waals surface area contributed by atoms with Gasteiger partial charge in [-0.05, 0) is 18.2 Å². The molecule has 2 aromatic heterocycles. The van der Waals surface area contributed by atoms with Gasteiger partial charge in [-0.25, -0.2) is 4.52 Å². The Balaban J connectivity index is 2.42. The Morgan fingerprint density at radius 2 is 2.38 bits per heavy atom. The molecule has 0 atom stereocenters. The van der Waals surface area contributed by atoms with Gasteiger partial charge in [-0.1, -0.05) is 6.07 Å². The zero-order valence-electron chi connectivity index (χ0n) is 6.97. The molecule has 0 spiro atoms. The second-order valence-corrected chi connectivity index (χ2v) is 3.00. The first-order valence-electron chi connectivity index (χ1n) is 4.19. The van der Waals surface area contributed by atoms with Crippen molar-refractivity contribution in [2.24, 2.45) is 0 Å². The van der Waals surface area contributed by atoms with Crippen LogP contribution < -0.4 is 0 Å². The van der Waals surface area contributed by atoms with E-state index in [0.29, 0.717) is 6.61 Å². The molecule has 1 aliphatic rings. The number of hydrogen-bond acceptors (Lipinski definition) is 2. The lowest BCUT2D eigenvalue weighted by Crippen LogP contribution is -1.94. The van der Waals surface area contributed by atoms with Crippen LogP contribution in [-0.2, 0) is 11.3 Å². The van der Waals surface area contributed by atoms with Gasteiger partial charge < -0.3 is 4.74 Å². The van der Waals surface area contributed by atoms with Gasteiger partial charge in [0.05, 0.1) is 11.8 Å². The highest BCUT2D eigenvalue weighted by Crippen LogP contribution is 2.21. The van der Waals surface area contributed by atoms with Gasteiger partial charge in [0.15, 0.2) is 0 Å². The van der Waals surface area contributed by atoms with Crippen LogP contribution in [0.1, 0.15) is 11.3 Å². The SMILES string of the molecule is C1=Cc2c(nn3ccccc23)CO1. The van der Waals surface area contributed by atoms with Crippen molar-refractivity contribution in [3.63, 3.8) is 0 Å². The Bertz CT molecular complexity index is 485. The molecule has 0 fully saturated rings. The van der Waals surface area contributed by atoms with Gasteiger partial charge in [-0.15, -0.1) is 0 Å². The second-order valence-electron chi connectivity index (χ2n) is 3.00. The summed E-state index contributed by atoms with van der Waals surface area (Å²) in [6, 6.07) is 6.04. The quantitative estimate of drug-likeness (QED) is 0.606. The predicted octanol–water partition coefficient (Wildman–Crippen LogP) is 1.84. The van der Waals surface area contributed by atoms with Gasteiger partial charge in [0.1, 0.15) is 12.3 Å². The summed E-state index contributed by atoms with van der Waals surface area (Å²) in [5.74, 6) is 0. The predicted molar refractivity (Wildman–Crippen MR) is 49.0 cm³/mol. The molecule has 0 unspecified atom stereocenters. The van der Waals surface area contributed by atoms with Crippen molar-refractivity contribution >= 4 is 11.6 Å². The van der Waals surface area contributed by atoms with Crippen LogP contribution in [0.25, 0.3) is 11.6 Å². The van der Waals surface area contributed by atoms with Gasteiger partial charge in [-0.2, -0.15) is 5.10 Å². The summed E-state index contributed by atoms with van der Waals surface area (Å²) in [5.41, 5.74) is 3.32. The molecule has 13 heavy (non-hydrogen) atoms. The van der Waals surface area contributed by atoms with Crippen LogP contribution in [0.3, 0.4) is 0 Å². The van der Waals surface area contributed by atoms with Crippen LogP contribution in [0.5, 0.6) is 0 Å². The lowest BCUT2D eigenvalue weighted by atomic mass is 10.2. The highest BCUT2D eigenvalue weighted by atomic mass is 16.5. The van der Waals surface area contributed by atoms with Crippen LogP contribution in [-0.4, -0.2) is 9.61 Å². The maximum atomic E-state index is 5.17. The van der Waals surface area contributed by atoms with E-state index in [-0.39, 0.29) is 0 Å². The lowest BCUT2D eigenvalue weighted by Gasteiger charge is -2.03. The van der Waals surface area contributed by atoms with Crippen molar-refractivity contribution in [2.75, 3.05) is 0 Å². The Hall–Kier alpha value is -1.77. The molecular weight excluding hydrogens is 164 g/mol. The van der Waals surface area contributed by atoms with Crippen molar-refractivity contribution in [1.82, 2.24) is 9.61 Å². The van der Waals surface area contributed by atoms with E-state index in [0.717, 1.165) is 11.2 Å². The van der Waals surface area contributed by atoms with Crippen molar-refractivity contribution in [3.05, 3.63) is 41.9 Å². The van der Waals surface area contributed by atoms with Crippen molar-refractivity contribution in [2.45, 2.75) is 6.61 Å². The van der Waals surface area contributed by atoms with Crippen LogP contribution in [0, 0.1) is 0 Å². The fourth-order valence-electron chi connectivity index (χ4n) is 1.60. The topological polar surface area (TPSA) is 26.5 Å². The van der Waals surface area contributed by atoms with E-state index in [1.54, 1.807) is 6.26 Å². The van der Waals surface area contributed by atoms with E-state index < -0.39 is 0 Å². The maximum absolute atomic E-state index is 5.17. The average Bonchev–Trinajstić information content (AvgIpc) is 2.56. The minimum absolute atomic E-state index is 0.577. The molecule has 0 aromatic carbocycles. The molecule has 3 heterocycles. The van der Waals surface area contributed by atoms with Crippen LogP contribution in [0.4, 0.5) is 0 Å². The third kappa shape index (κ3) is 0.869. The summed E-state index contributed by atoms with van der Waals surface area (Å²) in [7, 11) is 0. The third-order valence-corrected chi connectivity index (χ3v) is 2.21. The van der Waals surface area contributed by atoms with Crippen LogP contribution >= 0.6 is 0 Å². The summed E-state index contributed by atoms with van der Waals surface area (Å²) in [6.45, 7) is 0.577. The standard InChI is InChI=1S/C10H8N2O/c1-2-5-12-10(3-1)8-4-6-13-7-9(8)11-12/h1-6H,7H2. The molecule has 0 amide bonds. The lowest BCUT2D eigenvalue weighted by molar-refractivity contribution is 0.230. The fourth-order valence-corrected chi connectivity index (χ4v) is 1.60. The number of fused-ring (bicyclic) bond motifs is 3. The molecule has 3 rings (SSSR count). The summed E-state index contributed by atoms with van der Waals surface area (Å²) >= 11 is 0. The first-order chi connectivity index (χ1) is 6.45. The molecule has 0 radical (unpaired) electrons. The van der Waals surface area contributed by atoms with Crippen molar-refractivity contribution in [3.8, 4) is 0 Å². The van der Waals surface area contributed by atoms with E-state index >= 15 is 0 Å². The number of rotatable bonds is 0. The number of ether oxygens (including phenoxy) is 1. The Morgan fingerprint density at radius 3 is 3.38 bits per heavy atom. The number of aromatic nitrogens is 2. The van der Waals surface area contributed by atoms with E-state index in [4.69, 9.17) is 4.74 Å². The molecule has 0 N–H and O–H groups in total. The summed E-state index contributed by atoms with van der Waals surface area (Å²) < 4.78 is 7.05. The van der Waals surface area contributed by atoms with Crippen molar-refractivity contribution in [1.29, 1.82) is 0 Å². The normalized spacial score (nSPS) is 14.2. The first-order valence-corrected chi connectivity index (χ1v) is 4.19. The minimum atomic E-state index is 0.577. The molecule has 0 saturated heterocycles. The van der Waals surface area contributed by atoms with Crippen molar-refractivity contribution < 1.29 is 4.74 Å². The summed E-state index contributed by atoms with van der Waals surface area (Å²) in [6.07, 6.45) is 5.62. The number of pyridine rings is 1. The highest BCUT2D eigenvalue weighted by Gasteiger charge is 2.12. The molecule has 0 bridgehead atoms. The Labute approximate surface area is 75.3 Å². The number of hydrogen-bond donors (Lipinski definition) is 0. The maximum Gasteiger partial charge on any atom is 0.132 e. The molecule has 1 aliphatic heterocycles. The smallest absolute Gasteiger partial charge is 0.132 e. The molecule has 2 aromatic rings. The van der Waals surface area contributed by atoms with E-state index in [2.05, 4.69) is 11.2 Å². The Morgan fingerprint density at radius 1 is 1.38 bits per heavy atom.